The molecule has 0 radical (unpaired) electrons. The van der Waals surface area contributed by atoms with Crippen LogP contribution < -0.4 is 58.2 Å². The second-order valence-corrected chi connectivity index (χ2v) is 2.22. The smallest absolute Gasteiger partial charge is 0.665 e. The topological polar surface area (TPSA) is 14.1 Å². The predicted molar refractivity (Wildman–Crippen MR) is 45.0 cm³/mol. The van der Waals surface area contributed by atoms with Crippen molar-refractivity contribution < 1.29 is 58.2 Å². The summed E-state index contributed by atoms with van der Waals surface area (Å²) < 4.78 is 0. The molecule has 0 N–H and O–H groups in total. The Morgan fingerprint density at radius 3 is 1.70 bits per heavy atom. The van der Waals surface area contributed by atoms with E-state index in [2.05, 4.69) is 19.2 Å². The zero-order valence-electron chi connectivity index (χ0n) is 8.44. The van der Waals surface area contributed by atoms with Gasteiger partial charge in [-0.25, -0.2) is 0 Å². The van der Waals surface area contributed by atoms with Crippen LogP contribution in [0.1, 0.15) is 34.1 Å². The van der Waals surface area contributed by atoms with Gasteiger partial charge in [-0.3, -0.25) is 0 Å². The van der Waals surface area contributed by atoms with Gasteiger partial charge in [0.2, 0.25) is 0 Å². The summed E-state index contributed by atoms with van der Waals surface area (Å²) in [4.78, 5) is 0. The predicted octanol–water partition coefficient (Wildman–Crippen LogP) is 0.0662. The summed E-state index contributed by atoms with van der Waals surface area (Å²) in [5, 5.41) is 3.98. The largest absolute Gasteiger partial charge is 1.00 e. The van der Waals surface area contributed by atoms with Crippen molar-refractivity contribution in [1.29, 1.82) is 0 Å². The Balaban J connectivity index is -0.000000149. The molecule has 0 aromatic rings. The molecule has 0 aromatic carbocycles. The molecule has 0 atom stereocenters. The Bertz CT molecular complexity index is 38.2. The molecule has 2 heteroatoms. The van der Waals surface area contributed by atoms with E-state index in [0.29, 0.717) is 0 Å². The van der Waals surface area contributed by atoms with Crippen molar-refractivity contribution in [3.8, 4) is 0 Å². The average Bonchev–Trinajstić information content (AvgIpc) is 1.88. The molecule has 1 nitrogen and oxygen atoms in total. The summed E-state index contributed by atoms with van der Waals surface area (Å²) in [6.45, 7) is 9.45. The second kappa shape index (κ2) is 17.0. The van der Waals surface area contributed by atoms with E-state index in [0.717, 1.165) is 12.5 Å². The molecule has 0 aliphatic rings. The van der Waals surface area contributed by atoms with Gasteiger partial charge in [-0.1, -0.05) is 34.1 Å². The SMILES string of the molecule is CC.C[N-]CCC(C)C.[Rb+]. The van der Waals surface area contributed by atoms with Gasteiger partial charge in [-0.2, -0.15) is 7.05 Å². The minimum atomic E-state index is 0. The number of hydrogen-bond acceptors (Lipinski definition) is 0. The first kappa shape index (κ1) is 17.7. The Kier molecular flexibility index (Phi) is 30.2. The van der Waals surface area contributed by atoms with Crippen molar-refractivity contribution in [2.45, 2.75) is 34.1 Å². The van der Waals surface area contributed by atoms with Crippen molar-refractivity contribution in [3.63, 3.8) is 0 Å². The first-order chi connectivity index (χ1) is 4.27. The monoisotopic (exact) mass is 215 g/mol. The van der Waals surface area contributed by atoms with Crippen LogP contribution in [0.4, 0.5) is 0 Å². The second-order valence-electron chi connectivity index (χ2n) is 2.22. The van der Waals surface area contributed by atoms with Crippen LogP contribution in [0, 0.1) is 5.92 Å². The quantitative estimate of drug-likeness (QED) is 0.633. The van der Waals surface area contributed by atoms with Gasteiger partial charge in [-0.05, 0) is 5.92 Å². The average molecular weight is 216 g/mol. The molecule has 58 valence electrons. The first-order valence-electron chi connectivity index (χ1n) is 3.83. The van der Waals surface area contributed by atoms with E-state index >= 15 is 0 Å². The minimum absolute atomic E-state index is 0. The fourth-order valence-corrected chi connectivity index (χ4v) is 0.387. The zero-order chi connectivity index (χ0) is 7.70. The van der Waals surface area contributed by atoms with Crippen LogP contribution in [0.5, 0.6) is 0 Å². The van der Waals surface area contributed by atoms with E-state index in [9.17, 15) is 0 Å². The number of rotatable bonds is 3. The standard InChI is InChI=1S/C6H14N.C2H6.Rb/c1-6(2)4-5-7-3;1-2;/h6H,4-5H2,1-3H3;1-2H3;/q-1;;+1. The van der Waals surface area contributed by atoms with Crippen LogP contribution in [-0.2, 0) is 0 Å². The third-order valence-electron chi connectivity index (χ3n) is 0.930. The van der Waals surface area contributed by atoms with Crippen LogP contribution >= 0.6 is 0 Å². The molecule has 0 saturated carbocycles. The maximum absolute atomic E-state index is 3.98. The van der Waals surface area contributed by atoms with Crippen LogP contribution in [0.25, 0.3) is 5.32 Å². The van der Waals surface area contributed by atoms with E-state index in [-0.39, 0.29) is 58.2 Å². The minimum Gasteiger partial charge on any atom is -0.665 e. The fourth-order valence-electron chi connectivity index (χ4n) is 0.387. The molecule has 0 saturated heterocycles. The summed E-state index contributed by atoms with van der Waals surface area (Å²) in [6, 6.07) is 0. The van der Waals surface area contributed by atoms with Crippen molar-refractivity contribution in [2.24, 2.45) is 5.92 Å². The molecule has 0 aliphatic heterocycles. The molecule has 0 rings (SSSR count). The molecular weight excluding hydrogens is 196 g/mol. The molecule has 0 heterocycles. The maximum Gasteiger partial charge on any atom is 1.00 e. The molecule has 0 aromatic heterocycles. The van der Waals surface area contributed by atoms with E-state index < -0.39 is 0 Å². The van der Waals surface area contributed by atoms with Gasteiger partial charge in [0.25, 0.3) is 0 Å². The van der Waals surface area contributed by atoms with Crippen molar-refractivity contribution in [2.75, 3.05) is 13.6 Å². The zero-order valence-corrected chi connectivity index (χ0v) is 13.4. The van der Waals surface area contributed by atoms with E-state index in [1.807, 2.05) is 20.9 Å². The van der Waals surface area contributed by atoms with Crippen LogP contribution in [0.15, 0.2) is 0 Å². The molecule has 0 spiro atoms. The summed E-state index contributed by atoms with van der Waals surface area (Å²) in [5.41, 5.74) is 0. The van der Waals surface area contributed by atoms with Gasteiger partial charge in [0.1, 0.15) is 0 Å². The van der Waals surface area contributed by atoms with Gasteiger partial charge in [0.05, 0.1) is 0 Å². The molecule has 10 heavy (non-hydrogen) atoms. The molecule has 0 amide bonds. The summed E-state index contributed by atoms with van der Waals surface area (Å²) in [5.74, 6) is 0.809. The van der Waals surface area contributed by atoms with Crippen LogP contribution in [-0.4, -0.2) is 13.6 Å². The van der Waals surface area contributed by atoms with E-state index in [1.54, 1.807) is 0 Å². The van der Waals surface area contributed by atoms with Crippen LogP contribution in [0.2, 0.25) is 0 Å². The van der Waals surface area contributed by atoms with E-state index in [1.165, 1.54) is 6.42 Å². The third kappa shape index (κ3) is 22.6. The molecular formula is C8H20NRb. The normalized spacial score (nSPS) is 7.80. The fraction of sp³-hybridized carbons (Fsp3) is 1.00. The number of nitrogens with zero attached hydrogens (tertiary/aromatic N) is 1. The first-order valence-corrected chi connectivity index (χ1v) is 3.83. The molecule has 0 unspecified atom stereocenters. The van der Waals surface area contributed by atoms with Gasteiger partial charge < -0.3 is 5.32 Å². The van der Waals surface area contributed by atoms with E-state index in [4.69, 9.17) is 0 Å². The third-order valence-corrected chi connectivity index (χ3v) is 0.930. The van der Waals surface area contributed by atoms with Crippen molar-refractivity contribution >= 4 is 0 Å². The summed E-state index contributed by atoms with van der Waals surface area (Å²) in [7, 11) is 1.86. The Hall–Kier alpha value is 1.77. The molecule has 0 fully saturated rings. The van der Waals surface area contributed by atoms with Gasteiger partial charge in [-0.15, -0.1) is 6.54 Å². The van der Waals surface area contributed by atoms with Crippen LogP contribution in [0.3, 0.4) is 0 Å². The van der Waals surface area contributed by atoms with Crippen molar-refractivity contribution in [1.82, 2.24) is 0 Å². The van der Waals surface area contributed by atoms with Gasteiger partial charge in [0.15, 0.2) is 0 Å². The summed E-state index contributed by atoms with van der Waals surface area (Å²) in [6.07, 6.45) is 1.23. The van der Waals surface area contributed by atoms with Crippen molar-refractivity contribution in [3.05, 3.63) is 5.32 Å². The molecule has 0 bridgehead atoms. The van der Waals surface area contributed by atoms with Gasteiger partial charge in [0, 0.05) is 0 Å². The Morgan fingerprint density at radius 1 is 1.20 bits per heavy atom. The summed E-state index contributed by atoms with van der Waals surface area (Å²) >= 11 is 0. The Morgan fingerprint density at radius 2 is 1.60 bits per heavy atom. The Labute approximate surface area is 115 Å². The maximum atomic E-state index is 3.98. The number of hydrogen-bond donors (Lipinski definition) is 0. The molecule has 0 aliphatic carbocycles. The van der Waals surface area contributed by atoms with Gasteiger partial charge >= 0.3 is 58.2 Å².